The summed E-state index contributed by atoms with van der Waals surface area (Å²) in [5.41, 5.74) is -1.31. The van der Waals surface area contributed by atoms with Gasteiger partial charge in [0.05, 0.1) is 11.3 Å². The lowest BCUT2D eigenvalue weighted by Gasteiger charge is -2.23. The third-order valence-corrected chi connectivity index (χ3v) is 2.75. The fourth-order valence-electron chi connectivity index (χ4n) is 2.03. The molecule has 0 fully saturated rings. The number of para-hydroxylation sites is 1. The van der Waals surface area contributed by atoms with E-state index in [2.05, 4.69) is 0 Å². The van der Waals surface area contributed by atoms with Crippen molar-refractivity contribution in [1.29, 1.82) is 0 Å². The van der Waals surface area contributed by atoms with Crippen LogP contribution in [0.4, 0.5) is 23.7 Å². The maximum Gasteiger partial charge on any atom is 0.422 e. The molecular formula is C15H14F3NO3. The number of hydrogen-bond acceptors (Lipinski definition) is 3. The summed E-state index contributed by atoms with van der Waals surface area (Å²) in [6, 6.07) is 5.78. The molecule has 0 atom stereocenters. The Balaban J connectivity index is 2.49. The number of carbonyl (C=O) groups excluding carboxylic acids is 2. The molecule has 0 saturated heterocycles. The zero-order chi connectivity index (χ0) is 16.7. The summed E-state index contributed by atoms with van der Waals surface area (Å²) in [6.07, 6.45) is -5.77. The van der Waals surface area contributed by atoms with E-state index in [1.807, 2.05) is 0 Å². The van der Waals surface area contributed by atoms with Gasteiger partial charge in [0.15, 0.2) is 0 Å². The van der Waals surface area contributed by atoms with Crippen LogP contribution in [-0.4, -0.2) is 23.8 Å². The van der Waals surface area contributed by atoms with Gasteiger partial charge in [0.25, 0.3) is 5.91 Å². The molecule has 1 aromatic carbocycles. The van der Waals surface area contributed by atoms with Crippen LogP contribution in [0.1, 0.15) is 26.3 Å². The summed E-state index contributed by atoms with van der Waals surface area (Å²) in [5.74, 6) is -1.05. The van der Waals surface area contributed by atoms with E-state index in [0.717, 1.165) is 0 Å². The molecule has 0 spiro atoms. The van der Waals surface area contributed by atoms with Crippen LogP contribution < -0.4 is 4.90 Å². The Hall–Kier alpha value is -2.31. The molecule has 0 unspecified atom stereocenters. The van der Waals surface area contributed by atoms with Gasteiger partial charge in [0.2, 0.25) is 0 Å². The number of carbonyl (C=O) groups is 2. The van der Waals surface area contributed by atoms with Gasteiger partial charge in [-0.2, -0.15) is 13.2 Å². The first kappa shape index (κ1) is 16.1. The lowest BCUT2D eigenvalue weighted by atomic mass is 10.1. The van der Waals surface area contributed by atoms with Crippen LogP contribution in [0.2, 0.25) is 0 Å². The highest BCUT2D eigenvalue weighted by molar-refractivity contribution is 6.39. The number of allylic oxidation sites excluding steroid dienone is 1. The summed E-state index contributed by atoms with van der Waals surface area (Å²) in [7, 11) is 0. The quantitative estimate of drug-likeness (QED) is 0.682. The molecule has 1 aliphatic rings. The molecule has 4 nitrogen and oxygen atoms in total. The van der Waals surface area contributed by atoms with Gasteiger partial charge >= 0.3 is 12.3 Å². The van der Waals surface area contributed by atoms with Crippen molar-refractivity contribution in [3.63, 3.8) is 0 Å². The summed E-state index contributed by atoms with van der Waals surface area (Å²) >= 11 is 0. The molecular weight excluding hydrogens is 299 g/mol. The fourth-order valence-corrected chi connectivity index (χ4v) is 2.03. The second-order valence-corrected chi connectivity index (χ2v) is 5.74. The van der Waals surface area contributed by atoms with Crippen LogP contribution in [0.3, 0.4) is 0 Å². The number of anilines is 1. The SMILES string of the molecule is CC(C)(C)OC(=O)N1C(=O)C(=CC(F)(F)F)c2ccccc21. The molecule has 118 valence electrons. The summed E-state index contributed by atoms with van der Waals surface area (Å²) < 4.78 is 42.9. The molecule has 22 heavy (non-hydrogen) atoms. The molecule has 2 amide bonds. The van der Waals surface area contributed by atoms with Crippen molar-refractivity contribution in [2.24, 2.45) is 0 Å². The van der Waals surface area contributed by atoms with E-state index in [-0.39, 0.29) is 17.3 Å². The smallest absolute Gasteiger partial charge is 0.422 e. The molecule has 0 N–H and O–H groups in total. The van der Waals surface area contributed by atoms with Crippen LogP contribution in [-0.2, 0) is 9.53 Å². The van der Waals surface area contributed by atoms with Crippen molar-refractivity contribution >= 4 is 23.3 Å². The van der Waals surface area contributed by atoms with E-state index in [0.29, 0.717) is 4.90 Å². The largest absolute Gasteiger partial charge is 0.443 e. The average molecular weight is 313 g/mol. The number of rotatable bonds is 0. The van der Waals surface area contributed by atoms with Gasteiger partial charge in [0, 0.05) is 11.6 Å². The van der Waals surface area contributed by atoms with E-state index in [9.17, 15) is 22.8 Å². The molecule has 0 bridgehead atoms. The number of ether oxygens (including phenoxy) is 1. The minimum atomic E-state index is -4.66. The summed E-state index contributed by atoms with van der Waals surface area (Å²) in [4.78, 5) is 25.0. The minimum Gasteiger partial charge on any atom is -0.443 e. The molecule has 0 saturated carbocycles. The first-order chi connectivity index (χ1) is 9.99. The molecule has 0 aliphatic carbocycles. The van der Waals surface area contributed by atoms with Gasteiger partial charge in [-0.25, -0.2) is 9.69 Å². The van der Waals surface area contributed by atoms with Crippen LogP contribution in [0.15, 0.2) is 30.3 Å². The van der Waals surface area contributed by atoms with E-state index >= 15 is 0 Å². The zero-order valence-corrected chi connectivity index (χ0v) is 12.2. The Morgan fingerprint density at radius 1 is 1.18 bits per heavy atom. The Morgan fingerprint density at radius 3 is 2.32 bits per heavy atom. The molecule has 2 rings (SSSR count). The number of amides is 2. The molecule has 1 aromatic rings. The van der Waals surface area contributed by atoms with Crippen molar-refractivity contribution in [3.8, 4) is 0 Å². The second kappa shape index (κ2) is 5.15. The molecule has 1 aliphatic heterocycles. The number of hydrogen-bond donors (Lipinski definition) is 0. The Bertz CT molecular complexity index is 657. The number of halogens is 3. The molecule has 1 heterocycles. The van der Waals surface area contributed by atoms with E-state index < -0.39 is 29.4 Å². The first-order valence-electron chi connectivity index (χ1n) is 6.46. The third kappa shape index (κ3) is 3.29. The van der Waals surface area contributed by atoms with Crippen molar-refractivity contribution in [3.05, 3.63) is 35.9 Å². The van der Waals surface area contributed by atoms with Crippen LogP contribution in [0.5, 0.6) is 0 Å². The molecule has 7 heteroatoms. The van der Waals surface area contributed by atoms with E-state index in [1.165, 1.54) is 24.3 Å². The summed E-state index contributed by atoms with van der Waals surface area (Å²) in [5, 5.41) is 0. The second-order valence-electron chi connectivity index (χ2n) is 5.74. The topological polar surface area (TPSA) is 46.6 Å². The fraction of sp³-hybridized carbons (Fsp3) is 0.333. The molecule has 0 radical (unpaired) electrons. The van der Waals surface area contributed by atoms with E-state index in [4.69, 9.17) is 4.74 Å². The van der Waals surface area contributed by atoms with Gasteiger partial charge < -0.3 is 4.74 Å². The third-order valence-electron chi connectivity index (χ3n) is 2.75. The minimum absolute atomic E-state index is 0.0516. The first-order valence-corrected chi connectivity index (χ1v) is 6.46. The number of benzene rings is 1. The van der Waals surface area contributed by atoms with Crippen molar-refractivity contribution in [1.82, 2.24) is 0 Å². The predicted octanol–water partition coefficient (Wildman–Crippen LogP) is 3.91. The van der Waals surface area contributed by atoms with Crippen molar-refractivity contribution in [2.75, 3.05) is 4.90 Å². The normalized spacial score (nSPS) is 16.9. The highest BCUT2D eigenvalue weighted by atomic mass is 19.4. The van der Waals surface area contributed by atoms with Crippen LogP contribution in [0, 0.1) is 0 Å². The Morgan fingerprint density at radius 2 is 1.77 bits per heavy atom. The van der Waals surface area contributed by atoms with Crippen LogP contribution in [0.25, 0.3) is 5.57 Å². The number of fused-ring (bicyclic) bond motifs is 1. The van der Waals surface area contributed by atoms with Gasteiger partial charge in [-0.05, 0) is 26.8 Å². The maximum atomic E-state index is 12.6. The summed E-state index contributed by atoms with van der Waals surface area (Å²) in [6.45, 7) is 4.80. The number of imide groups is 1. The van der Waals surface area contributed by atoms with Gasteiger partial charge in [-0.3, -0.25) is 4.79 Å². The monoisotopic (exact) mass is 313 g/mol. The lowest BCUT2D eigenvalue weighted by Crippen LogP contribution is -2.38. The predicted molar refractivity (Wildman–Crippen MR) is 74.2 cm³/mol. The van der Waals surface area contributed by atoms with Gasteiger partial charge in [-0.1, -0.05) is 18.2 Å². The standard InChI is InChI=1S/C15H14F3NO3/c1-14(2,3)22-13(21)19-11-7-5-4-6-9(11)10(12(19)20)8-15(16,17)18/h4-8H,1-3H3. The van der Waals surface area contributed by atoms with Gasteiger partial charge in [-0.15, -0.1) is 0 Å². The zero-order valence-electron chi connectivity index (χ0n) is 12.2. The highest BCUT2D eigenvalue weighted by Crippen LogP contribution is 2.39. The lowest BCUT2D eigenvalue weighted by molar-refractivity contribution is -0.113. The Labute approximate surface area is 125 Å². The van der Waals surface area contributed by atoms with Crippen LogP contribution >= 0.6 is 0 Å². The van der Waals surface area contributed by atoms with Crippen molar-refractivity contribution < 1.29 is 27.5 Å². The maximum absolute atomic E-state index is 12.6. The van der Waals surface area contributed by atoms with Gasteiger partial charge in [0.1, 0.15) is 5.60 Å². The molecule has 0 aromatic heterocycles. The Kier molecular flexibility index (Phi) is 3.76. The number of nitrogens with zero attached hydrogens (tertiary/aromatic N) is 1. The average Bonchev–Trinajstić information content (AvgIpc) is 2.59. The van der Waals surface area contributed by atoms with E-state index in [1.54, 1.807) is 20.8 Å². The number of alkyl halides is 3. The highest BCUT2D eigenvalue weighted by Gasteiger charge is 2.41. The van der Waals surface area contributed by atoms with Crippen molar-refractivity contribution in [2.45, 2.75) is 32.5 Å².